The summed E-state index contributed by atoms with van der Waals surface area (Å²) in [5, 5.41) is 3.92. The van der Waals surface area contributed by atoms with Crippen molar-refractivity contribution in [3.63, 3.8) is 0 Å². The first-order chi connectivity index (χ1) is 10.2. The third-order valence-electron chi connectivity index (χ3n) is 5.43. The summed E-state index contributed by atoms with van der Waals surface area (Å²) < 4.78 is 0. The molecule has 3 rings (SSSR count). The van der Waals surface area contributed by atoms with Crippen LogP contribution in [0, 0.1) is 0 Å². The molecule has 1 aliphatic heterocycles. The molecule has 0 aromatic carbocycles. The number of nitrogens with one attached hydrogen (secondary N) is 1. The van der Waals surface area contributed by atoms with Crippen molar-refractivity contribution in [3.05, 3.63) is 21.9 Å². The minimum absolute atomic E-state index is 0.411. The van der Waals surface area contributed by atoms with Crippen molar-refractivity contribution in [2.45, 2.75) is 76.9 Å². The van der Waals surface area contributed by atoms with Crippen molar-refractivity contribution in [1.82, 2.24) is 10.2 Å². The second-order valence-corrected chi connectivity index (χ2v) is 8.28. The normalized spacial score (nSPS) is 26.9. The summed E-state index contributed by atoms with van der Waals surface area (Å²) in [7, 11) is 0. The Morgan fingerprint density at radius 1 is 1.24 bits per heavy atom. The van der Waals surface area contributed by atoms with Gasteiger partial charge < -0.3 is 5.32 Å². The molecule has 2 nitrogen and oxygen atoms in total. The zero-order chi connectivity index (χ0) is 14.7. The van der Waals surface area contributed by atoms with E-state index in [0.717, 1.165) is 6.54 Å². The van der Waals surface area contributed by atoms with Crippen molar-refractivity contribution < 1.29 is 0 Å². The van der Waals surface area contributed by atoms with E-state index in [4.69, 9.17) is 0 Å². The summed E-state index contributed by atoms with van der Waals surface area (Å²) in [5.74, 6) is 0. The van der Waals surface area contributed by atoms with Crippen LogP contribution in [0.5, 0.6) is 0 Å². The molecule has 2 heterocycles. The first kappa shape index (κ1) is 15.5. The maximum absolute atomic E-state index is 3.92. The molecule has 1 atom stereocenters. The molecule has 2 aliphatic rings. The van der Waals surface area contributed by atoms with Crippen LogP contribution in [0.1, 0.15) is 62.1 Å². The Morgan fingerprint density at radius 3 is 2.71 bits per heavy atom. The molecule has 2 fully saturated rings. The van der Waals surface area contributed by atoms with Gasteiger partial charge in [0.1, 0.15) is 0 Å². The van der Waals surface area contributed by atoms with E-state index >= 15 is 0 Å². The van der Waals surface area contributed by atoms with Gasteiger partial charge in [-0.05, 0) is 51.3 Å². The Balaban J connectivity index is 1.71. The molecule has 1 N–H and O–H groups in total. The fourth-order valence-corrected chi connectivity index (χ4v) is 4.99. The van der Waals surface area contributed by atoms with E-state index in [2.05, 4.69) is 36.2 Å². The Morgan fingerprint density at radius 2 is 2.00 bits per heavy atom. The molecule has 1 aliphatic carbocycles. The van der Waals surface area contributed by atoms with Crippen LogP contribution < -0.4 is 5.32 Å². The van der Waals surface area contributed by atoms with E-state index in [-0.39, 0.29) is 0 Å². The van der Waals surface area contributed by atoms with E-state index < -0.39 is 0 Å². The van der Waals surface area contributed by atoms with E-state index in [1.165, 1.54) is 62.9 Å². The van der Waals surface area contributed by atoms with Crippen LogP contribution in [0.3, 0.4) is 0 Å². The summed E-state index contributed by atoms with van der Waals surface area (Å²) in [5.41, 5.74) is 0.411. The summed E-state index contributed by atoms with van der Waals surface area (Å²) in [6.07, 6.45) is 9.47. The fraction of sp³-hybridized carbons (Fsp3) is 0.778. The van der Waals surface area contributed by atoms with Crippen molar-refractivity contribution >= 4 is 11.3 Å². The van der Waals surface area contributed by atoms with Crippen LogP contribution in [0.2, 0.25) is 0 Å². The lowest BCUT2D eigenvalue weighted by molar-refractivity contribution is 0.132. The van der Waals surface area contributed by atoms with Crippen LogP contribution in [0.25, 0.3) is 0 Å². The average molecular weight is 307 g/mol. The zero-order valence-corrected chi connectivity index (χ0v) is 14.5. The lowest BCUT2D eigenvalue weighted by Gasteiger charge is -2.41. The highest BCUT2D eigenvalue weighted by Crippen LogP contribution is 2.32. The first-order valence-electron chi connectivity index (χ1n) is 8.77. The Labute approximate surface area is 133 Å². The highest BCUT2D eigenvalue weighted by molar-refractivity contribution is 7.11. The monoisotopic (exact) mass is 306 g/mol. The van der Waals surface area contributed by atoms with Crippen LogP contribution in [0.4, 0.5) is 0 Å². The molecule has 3 heteroatoms. The minimum Gasteiger partial charge on any atom is -0.310 e. The van der Waals surface area contributed by atoms with Gasteiger partial charge in [0.05, 0.1) is 0 Å². The molecule has 1 saturated carbocycles. The average Bonchev–Trinajstić information content (AvgIpc) is 2.89. The number of nitrogens with zero attached hydrogens (tertiary/aromatic N) is 1. The molecule has 0 radical (unpaired) electrons. The van der Waals surface area contributed by atoms with E-state index in [9.17, 15) is 0 Å². The molecule has 118 valence electrons. The molecule has 0 bridgehead atoms. The predicted molar refractivity (Wildman–Crippen MR) is 92.0 cm³/mol. The highest BCUT2D eigenvalue weighted by Gasteiger charge is 2.36. The quantitative estimate of drug-likeness (QED) is 0.900. The minimum atomic E-state index is 0.411. The van der Waals surface area contributed by atoms with Crippen molar-refractivity contribution in [2.24, 2.45) is 0 Å². The predicted octanol–water partition coefficient (Wildman–Crippen LogP) is 4.20. The van der Waals surface area contributed by atoms with Gasteiger partial charge in [0, 0.05) is 34.4 Å². The summed E-state index contributed by atoms with van der Waals surface area (Å²) in [4.78, 5) is 5.82. The van der Waals surface area contributed by atoms with Crippen LogP contribution in [-0.4, -0.2) is 29.6 Å². The van der Waals surface area contributed by atoms with Gasteiger partial charge in [-0.3, -0.25) is 4.90 Å². The smallest absolute Gasteiger partial charge is 0.0331 e. The molecule has 21 heavy (non-hydrogen) atoms. The Bertz CT molecular complexity index is 448. The lowest BCUT2D eigenvalue weighted by Crippen LogP contribution is -2.53. The molecular formula is C18H30N2S. The number of aryl methyl sites for hydroxylation is 1. The van der Waals surface area contributed by atoms with Gasteiger partial charge >= 0.3 is 0 Å². The second-order valence-electron chi connectivity index (χ2n) is 7.03. The summed E-state index contributed by atoms with van der Waals surface area (Å²) >= 11 is 2.01. The topological polar surface area (TPSA) is 15.3 Å². The lowest BCUT2D eigenvalue weighted by atomic mass is 9.81. The molecule has 1 unspecified atom stereocenters. The van der Waals surface area contributed by atoms with E-state index in [1.54, 1.807) is 4.88 Å². The largest absolute Gasteiger partial charge is 0.310 e. The molecule has 1 aromatic heterocycles. The third kappa shape index (κ3) is 3.69. The SMILES string of the molecule is CCc1ccc(CN2CC3(CCCCC3)NCCC2C)s1. The third-order valence-corrected chi connectivity index (χ3v) is 6.64. The van der Waals surface area contributed by atoms with Gasteiger partial charge in [-0.1, -0.05) is 26.2 Å². The van der Waals surface area contributed by atoms with Gasteiger partial charge in [-0.15, -0.1) is 11.3 Å². The van der Waals surface area contributed by atoms with Crippen LogP contribution in [-0.2, 0) is 13.0 Å². The fourth-order valence-electron chi connectivity index (χ4n) is 4.00. The van der Waals surface area contributed by atoms with Gasteiger partial charge in [0.2, 0.25) is 0 Å². The zero-order valence-electron chi connectivity index (χ0n) is 13.7. The highest BCUT2D eigenvalue weighted by atomic mass is 32.1. The van der Waals surface area contributed by atoms with Crippen molar-refractivity contribution in [2.75, 3.05) is 13.1 Å². The van der Waals surface area contributed by atoms with Gasteiger partial charge in [0.25, 0.3) is 0 Å². The van der Waals surface area contributed by atoms with Crippen molar-refractivity contribution in [1.29, 1.82) is 0 Å². The van der Waals surface area contributed by atoms with Gasteiger partial charge in [-0.25, -0.2) is 0 Å². The van der Waals surface area contributed by atoms with Crippen molar-refractivity contribution in [3.8, 4) is 0 Å². The number of hydrogen-bond acceptors (Lipinski definition) is 3. The maximum atomic E-state index is 3.92. The summed E-state index contributed by atoms with van der Waals surface area (Å²) in [6.45, 7) is 8.26. The van der Waals surface area contributed by atoms with E-state index in [1.807, 2.05) is 11.3 Å². The standard InChI is InChI=1S/C18H30N2S/c1-3-16-7-8-17(21-16)13-20-14-18(10-5-4-6-11-18)19-12-9-15(20)2/h7-8,15,19H,3-6,9-14H2,1-2H3. The molecule has 0 amide bonds. The molecular weight excluding hydrogens is 276 g/mol. The van der Waals surface area contributed by atoms with Gasteiger partial charge in [0.15, 0.2) is 0 Å². The summed E-state index contributed by atoms with van der Waals surface area (Å²) in [6, 6.07) is 5.37. The van der Waals surface area contributed by atoms with Crippen LogP contribution in [0.15, 0.2) is 12.1 Å². The number of thiophene rings is 1. The second kappa shape index (κ2) is 6.80. The Hall–Kier alpha value is -0.380. The first-order valence-corrected chi connectivity index (χ1v) is 9.59. The maximum Gasteiger partial charge on any atom is 0.0331 e. The number of rotatable bonds is 3. The Kier molecular flexibility index (Phi) is 5.03. The molecule has 1 saturated heterocycles. The van der Waals surface area contributed by atoms with E-state index in [0.29, 0.717) is 11.6 Å². The molecule has 1 aromatic rings. The number of hydrogen-bond donors (Lipinski definition) is 1. The van der Waals surface area contributed by atoms with Crippen LogP contribution >= 0.6 is 11.3 Å². The molecule has 1 spiro atoms. The van der Waals surface area contributed by atoms with Gasteiger partial charge in [-0.2, -0.15) is 0 Å².